The molecule has 1 saturated carbocycles. The van der Waals surface area contributed by atoms with Crippen LogP contribution in [0.2, 0.25) is 0 Å². The largest absolute Gasteiger partial charge is 0.380 e. The van der Waals surface area contributed by atoms with E-state index in [9.17, 15) is 0 Å². The summed E-state index contributed by atoms with van der Waals surface area (Å²) in [5.41, 5.74) is 2.82. The van der Waals surface area contributed by atoms with Crippen molar-refractivity contribution >= 4 is 0 Å². The summed E-state index contributed by atoms with van der Waals surface area (Å²) >= 11 is 0. The molecule has 1 atom stereocenters. The van der Waals surface area contributed by atoms with Gasteiger partial charge >= 0.3 is 0 Å². The van der Waals surface area contributed by atoms with Crippen LogP contribution in [-0.2, 0) is 4.74 Å². The average molecular weight is 186 g/mol. The molecule has 0 bridgehead atoms. The molecule has 0 spiro atoms. The molecule has 3 N–H and O–H groups in total. The molecule has 0 aromatic heterocycles. The Morgan fingerprint density at radius 3 is 2.85 bits per heavy atom. The maximum atomic E-state index is 5.45. The van der Waals surface area contributed by atoms with Crippen molar-refractivity contribution < 1.29 is 4.74 Å². The van der Waals surface area contributed by atoms with Crippen LogP contribution in [0.5, 0.6) is 0 Å². The summed E-state index contributed by atoms with van der Waals surface area (Å²) in [6, 6.07) is 0.354. The number of hydrogen-bond donors (Lipinski definition) is 2. The fraction of sp³-hybridized carbons (Fsp3) is 1.00. The molecule has 13 heavy (non-hydrogen) atoms. The van der Waals surface area contributed by atoms with Gasteiger partial charge in [-0.2, -0.15) is 0 Å². The Balaban J connectivity index is 1.95. The van der Waals surface area contributed by atoms with Gasteiger partial charge in [-0.3, -0.25) is 11.3 Å². The molecule has 1 unspecified atom stereocenters. The Hall–Kier alpha value is -0.120. The molecule has 0 radical (unpaired) electrons. The predicted octanol–water partition coefficient (Wildman–Crippen LogP) is 1.44. The van der Waals surface area contributed by atoms with Crippen LogP contribution in [0.15, 0.2) is 0 Å². The molecule has 0 aliphatic heterocycles. The minimum atomic E-state index is 0.354. The first-order chi connectivity index (χ1) is 6.36. The number of rotatable bonds is 8. The molecule has 1 rings (SSSR count). The SMILES string of the molecule is CCCOCC(CCC1CC1)NN. The van der Waals surface area contributed by atoms with Gasteiger partial charge in [0.15, 0.2) is 0 Å². The molecule has 0 saturated heterocycles. The van der Waals surface area contributed by atoms with Crippen LogP contribution < -0.4 is 11.3 Å². The normalized spacial score (nSPS) is 18.9. The third kappa shape index (κ3) is 5.24. The van der Waals surface area contributed by atoms with Crippen molar-refractivity contribution in [2.45, 2.75) is 45.1 Å². The summed E-state index contributed by atoms with van der Waals surface area (Å²) in [4.78, 5) is 0. The average Bonchev–Trinajstić information content (AvgIpc) is 2.94. The molecule has 1 fully saturated rings. The molecular formula is C10H22N2O. The fourth-order valence-electron chi connectivity index (χ4n) is 1.43. The second-order valence-electron chi connectivity index (χ2n) is 3.96. The van der Waals surface area contributed by atoms with Crippen molar-refractivity contribution in [2.75, 3.05) is 13.2 Å². The molecule has 3 heteroatoms. The van der Waals surface area contributed by atoms with Crippen LogP contribution in [-0.4, -0.2) is 19.3 Å². The van der Waals surface area contributed by atoms with Gasteiger partial charge < -0.3 is 4.74 Å². The molecule has 0 amide bonds. The Labute approximate surface area is 81.0 Å². The highest BCUT2D eigenvalue weighted by Crippen LogP contribution is 2.33. The van der Waals surface area contributed by atoms with Gasteiger partial charge in [0.05, 0.1) is 6.61 Å². The topological polar surface area (TPSA) is 47.3 Å². The van der Waals surface area contributed by atoms with Crippen LogP contribution in [0, 0.1) is 5.92 Å². The first kappa shape index (κ1) is 11.0. The van der Waals surface area contributed by atoms with E-state index >= 15 is 0 Å². The number of nitrogens with one attached hydrogen (secondary N) is 1. The van der Waals surface area contributed by atoms with Crippen molar-refractivity contribution in [3.8, 4) is 0 Å². The number of hydrazine groups is 1. The smallest absolute Gasteiger partial charge is 0.0633 e. The van der Waals surface area contributed by atoms with E-state index in [1.165, 1.54) is 19.3 Å². The van der Waals surface area contributed by atoms with Gasteiger partial charge in [0.25, 0.3) is 0 Å². The summed E-state index contributed by atoms with van der Waals surface area (Å²) in [6.45, 7) is 3.73. The Morgan fingerprint density at radius 1 is 1.54 bits per heavy atom. The van der Waals surface area contributed by atoms with E-state index in [0.29, 0.717) is 6.04 Å². The second kappa shape index (κ2) is 6.35. The van der Waals surface area contributed by atoms with Crippen molar-refractivity contribution in [2.24, 2.45) is 11.8 Å². The molecule has 0 aromatic rings. The summed E-state index contributed by atoms with van der Waals surface area (Å²) in [7, 11) is 0. The molecule has 1 aliphatic rings. The van der Waals surface area contributed by atoms with Gasteiger partial charge in [-0.25, -0.2) is 0 Å². The third-order valence-electron chi connectivity index (χ3n) is 2.52. The standard InChI is InChI=1S/C10H22N2O/c1-2-7-13-8-10(12-11)6-5-9-3-4-9/h9-10,12H,2-8,11H2,1H3. The van der Waals surface area contributed by atoms with Crippen LogP contribution in [0.1, 0.15) is 39.0 Å². The van der Waals surface area contributed by atoms with E-state index in [2.05, 4.69) is 12.3 Å². The zero-order valence-corrected chi connectivity index (χ0v) is 8.59. The lowest BCUT2D eigenvalue weighted by molar-refractivity contribution is 0.108. The van der Waals surface area contributed by atoms with Crippen LogP contribution in [0.25, 0.3) is 0 Å². The van der Waals surface area contributed by atoms with Crippen molar-refractivity contribution in [3.63, 3.8) is 0 Å². The predicted molar refractivity (Wildman–Crippen MR) is 54.2 cm³/mol. The van der Waals surface area contributed by atoms with Gasteiger partial charge in [-0.1, -0.05) is 19.8 Å². The molecular weight excluding hydrogens is 164 g/mol. The number of nitrogens with two attached hydrogens (primary N) is 1. The lowest BCUT2D eigenvalue weighted by atomic mass is 10.1. The zero-order valence-electron chi connectivity index (χ0n) is 8.59. The highest BCUT2D eigenvalue weighted by Gasteiger charge is 2.22. The van der Waals surface area contributed by atoms with Gasteiger partial charge in [0, 0.05) is 12.6 Å². The zero-order chi connectivity index (χ0) is 9.52. The van der Waals surface area contributed by atoms with Crippen LogP contribution >= 0.6 is 0 Å². The van der Waals surface area contributed by atoms with Crippen molar-refractivity contribution in [1.82, 2.24) is 5.43 Å². The first-order valence-corrected chi connectivity index (χ1v) is 5.40. The van der Waals surface area contributed by atoms with Crippen LogP contribution in [0.3, 0.4) is 0 Å². The molecule has 78 valence electrons. The highest BCUT2D eigenvalue weighted by atomic mass is 16.5. The Bertz CT molecular complexity index is 126. The molecule has 0 aromatic carbocycles. The quantitative estimate of drug-likeness (QED) is 0.342. The Morgan fingerprint density at radius 2 is 2.31 bits per heavy atom. The van der Waals surface area contributed by atoms with E-state index < -0.39 is 0 Å². The summed E-state index contributed by atoms with van der Waals surface area (Å²) < 4.78 is 5.45. The van der Waals surface area contributed by atoms with Crippen molar-refractivity contribution in [3.05, 3.63) is 0 Å². The van der Waals surface area contributed by atoms with E-state index in [0.717, 1.165) is 32.0 Å². The summed E-state index contributed by atoms with van der Waals surface area (Å²) in [5.74, 6) is 6.42. The lowest BCUT2D eigenvalue weighted by Gasteiger charge is -2.15. The molecule has 3 nitrogen and oxygen atoms in total. The monoisotopic (exact) mass is 186 g/mol. The highest BCUT2D eigenvalue weighted by molar-refractivity contribution is 4.75. The van der Waals surface area contributed by atoms with Gasteiger partial charge in [-0.15, -0.1) is 0 Å². The van der Waals surface area contributed by atoms with Gasteiger partial charge in [0.1, 0.15) is 0 Å². The second-order valence-corrected chi connectivity index (χ2v) is 3.96. The molecule has 0 heterocycles. The number of hydrogen-bond acceptors (Lipinski definition) is 3. The lowest BCUT2D eigenvalue weighted by Crippen LogP contribution is -2.38. The van der Waals surface area contributed by atoms with E-state index in [1.54, 1.807) is 0 Å². The number of ether oxygens (including phenoxy) is 1. The van der Waals surface area contributed by atoms with Gasteiger partial charge in [-0.05, 0) is 25.2 Å². The summed E-state index contributed by atoms with van der Waals surface area (Å²) in [6.07, 6.45) is 6.40. The third-order valence-corrected chi connectivity index (χ3v) is 2.52. The van der Waals surface area contributed by atoms with Crippen molar-refractivity contribution in [1.29, 1.82) is 0 Å². The van der Waals surface area contributed by atoms with E-state index in [4.69, 9.17) is 10.6 Å². The first-order valence-electron chi connectivity index (χ1n) is 5.40. The minimum Gasteiger partial charge on any atom is -0.380 e. The Kier molecular flexibility index (Phi) is 5.35. The fourth-order valence-corrected chi connectivity index (χ4v) is 1.43. The van der Waals surface area contributed by atoms with E-state index in [-0.39, 0.29) is 0 Å². The maximum absolute atomic E-state index is 5.45. The molecule has 1 aliphatic carbocycles. The minimum absolute atomic E-state index is 0.354. The van der Waals surface area contributed by atoms with Gasteiger partial charge in [0.2, 0.25) is 0 Å². The van der Waals surface area contributed by atoms with Crippen LogP contribution in [0.4, 0.5) is 0 Å². The maximum Gasteiger partial charge on any atom is 0.0633 e. The summed E-state index contributed by atoms with van der Waals surface area (Å²) in [5, 5.41) is 0. The van der Waals surface area contributed by atoms with E-state index in [1.807, 2.05) is 0 Å².